The summed E-state index contributed by atoms with van der Waals surface area (Å²) in [4.78, 5) is 0.470. The van der Waals surface area contributed by atoms with Crippen molar-refractivity contribution in [1.29, 1.82) is 0 Å². The number of halogens is 1. The summed E-state index contributed by atoms with van der Waals surface area (Å²) in [6.45, 7) is 0.785. The maximum atomic E-state index is 5.05. The number of aryl methyl sites for hydroxylation is 1. The zero-order valence-electron chi connectivity index (χ0n) is 7.87. The highest BCUT2D eigenvalue weighted by atomic mass is 79.9. The highest BCUT2D eigenvalue weighted by molar-refractivity contribution is 9.09. The average molecular weight is 243 g/mol. The highest BCUT2D eigenvalue weighted by Crippen LogP contribution is 2.10. The first kappa shape index (κ1) is 10.7. The highest BCUT2D eigenvalue weighted by Gasteiger charge is 2.02. The van der Waals surface area contributed by atoms with E-state index in [1.807, 2.05) is 6.07 Å². The predicted molar refractivity (Wildman–Crippen MR) is 59.4 cm³/mol. The van der Waals surface area contributed by atoms with Crippen molar-refractivity contribution in [3.8, 4) is 0 Å². The molecule has 0 aromatic heterocycles. The third-order valence-electron chi connectivity index (χ3n) is 1.94. The molecule has 0 radical (unpaired) electrons. The Bertz CT molecular complexity index is 223. The maximum absolute atomic E-state index is 5.05. The van der Waals surface area contributed by atoms with Crippen LogP contribution < -0.4 is 0 Å². The number of methoxy groups -OCH3 is 1. The van der Waals surface area contributed by atoms with Crippen molar-refractivity contribution >= 4 is 15.9 Å². The molecule has 0 amide bonds. The summed E-state index contributed by atoms with van der Waals surface area (Å²) in [6.07, 6.45) is 2.23. The first-order valence-corrected chi connectivity index (χ1v) is 5.41. The molecule has 0 saturated heterocycles. The molecule has 1 nitrogen and oxygen atoms in total. The number of alkyl halides is 1. The fourth-order valence-corrected chi connectivity index (χ4v) is 1.73. The van der Waals surface area contributed by atoms with Gasteiger partial charge in [-0.15, -0.1) is 0 Å². The van der Waals surface area contributed by atoms with E-state index < -0.39 is 0 Å². The van der Waals surface area contributed by atoms with Gasteiger partial charge in [-0.2, -0.15) is 0 Å². The molecule has 0 aliphatic rings. The van der Waals surface area contributed by atoms with Crippen LogP contribution in [0, 0.1) is 0 Å². The van der Waals surface area contributed by atoms with Crippen molar-refractivity contribution in [3.05, 3.63) is 35.9 Å². The molecule has 0 saturated carbocycles. The molecule has 1 aromatic rings. The van der Waals surface area contributed by atoms with Crippen LogP contribution in [0.3, 0.4) is 0 Å². The van der Waals surface area contributed by atoms with Gasteiger partial charge in [0.2, 0.25) is 0 Å². The van der Waals surface area contributed by atoms with E-state index in [2.05, 4.69) is 40.2 Å². The van der Waals surface area contributed by atoms with E-state index in [4.69, 9.17) is 4.74 Å². The quantitative estimate of drug-likeness (QED) is 0.722. The van der Waals surface area contributed by atoms with Gasteiger partial charge < -0.3 is 4.74 Å². The van der Waals surface area contributed by atoms with Gasteiger partial charge in [0.15, 0.2) is 0 Å². The van der Waals surface area contributed by atoms with E-state index in [0.29, 0.717) is 4.83 Å². The van der Waals surface area contributed by atoms with E-state index in [1.54, 1.807) is 7.11 Å². The van der Waals surface area contributed by atoms with Crippen LogP contribution in [0.5, 0.6) is 0 Å². The van der Waals surface area contributed by atoms with E-state index in [-0.39, 0.29) is 0 Å². The molecule has 1 unspecified atom stereocenters. The van der Waals surface area contributed by atoms with Crippen molar-refractivity contribution in [3.63, 3.8) is 0 Å². The van der Waals surface area contributed by atoms with E-state index in [1.165, 1.54) is 5.56 Å². The summed E-state index contributed by atoms with van der Waals surface area (Å²) in [6, 6.07) is 10.5. The molecule has 0 spiro atoms. The van der Waals surface area contributed by atoms with Gasteiger partial charge in [0.25, 0.3) is 0 Å². The third-order valence-corrected chi connectivity index (χ3v) is 2.66. The van der Waals surface area contributed by atoms with Crippen LogP contribution in [-0.4, -0.2) is 18.5 Å². The lowest BCUT2D eigenvalue weighted by Crippen LogP contribution is -2.07. The van der Waals surface area contributed by atoms with Gasteiger partial charge in [0, 0.05) is 11.9 Å². The van der Waals surface area contributed by atoms with Gasteiger partial charge in [-0.25, -0.2) is 0 Å². The molecular formula is C11H15BrO. The van der Waals surface area contributed by atoms with E-state index in [9.17, 15) is 0 Å². The normalized spacial score (nSPS) is 12.8. The SMILES string of the molecule is COCC(Br)CCc1ccccc1. The van der Waals surface area contributed by atoms with Crippen LogP contribution in [-0.2, 0) is 11.2 Å². The molecule has 0 N–H and O–H groups in total. The number of hydrogen-bond donors (Lipinski definition) is 0. The number of benzene rings is 1. The Morgan fingerprint density at radius 1 is 1.31 bits per heavy atom. The molecule has 1 rings (SSSR count). The van der Waals surface area contributed by atoms with Crippen molar-refractivity contribution in [1.82, 2.24) is 0 Å². The number of ether oxygens (including phenoxy) is 1. The fraction of sp³-hybridized carbons (Fsp3) is 0.455. The van der Waals surface area contributed by atoms with Gasteiger partial charge in [0.1, 0.15) is 0 Å². The van der Waals surface area contributed by atoms with Gasteiger partial charge in [-0.3, -0.25) is 0 Å². The summed E-state index contributed by atoms with van der Waals surface area (Å²) in [5, 5.41) is 0. The van der Waals surface area contributed by atoms with Crippen LogP contribution in [0.2, 0.25) is 0 Å². The first-order valence-electron chi connectivity index (χ1n) is 4.50. The fourth-order valence-electron chi connectivity index (χ4n) is 1.23. The standard InChI is InChI=1S/C11H15BrO/c1-13-9-11(12)8-7-10-5-3-2-4-6-10/h2-6,11H,7-9H2,1H3. The van der Waals surface area contributed by atoms with Crippen molar-refractivity contribution in [2.75, 3.05) is 13.7 Å². The van der Waals surface area contributed by atoms with Crippen LogP contribution in [0.4, 0.5) is 0 Å². The van der Waals surface area contributed by atoms with Gasteiger partial charge in [-0.05, 0) is 18.4 Å². The topological polar surface area (TPSA) is 9.23 Å². The smallest absolute Gasteiger partial charge is 0.0587 e. The zero-order chi connectivity index (χ0) is 9.52. The summed E-state index contributed by atoms with van der Waals surface area (Å²) in [7, 11) is 1.73. The van der Waals surface area contributed by atoms with Crippen molar-refractivity contribution in [2.24, 2.45) is 0 Å². The van der Waals surface area contributed by atoms with E-state index in [0.717, 1.165) is 19.4 Å². The summed E-state index contributed by atoms with van der Waals surface area (Å²) in [5.74, 6) is 0. The summed E-state index contributed by atoms with van der Waals surface area (Å²) in [5.41, 5.74) is 1.39. The molecule has 0 aliphatic carbocycles. The minimum atomic E-state index is 0.470. The maximum Gasteiger partial charge on any atom is 0.0587 e. The Morgan fingerprint density at radius 3 is 2.62 bits per heavy atom. The molecule has 0 fully saturated rings. The monoisotopic (exact) mass is 242 g/mol. The number of rotatable bonds is 5. The lowest BCUT2D eigenvalue weighted by atomic mass is 10.1. The second-order valence-electron chi connectivity index (χ2n) is 3.08. The predicted octanol–water partition coefficient (Wildman–Crippen LogP) is 3.03. The van der Waals surface area contributed by atoms with Crippen molar-refractivity contribution < 1.29 is 4.74 Å². The Balaban J connectivity index is 2.27. The molecule has 2 heteroatoms. The average Bonchev–Trinajstić information content (AvgIpc) is 2.17. The Morgan fingerprint density at radius 2 is 2.00 bits per heavy atom. The van der Waals surface area contributed by atoms with Crippen molar-refractivity contribution in [2.45, 2.75) is 17.7 Å². The molecule has 0 heterocycles. The Hall–Kier alpha value is -0.340. The minimum Gasteiger partial charge on any atom is -0.384 e. The van der Waals surface area contributed by atoms with E-state index >= 15 is 0 Å². The third kappa shape index (κ3) is 4.44. The second-order valence-corrected chi connectivity index (χ2v) is 4.37. The Labute approximate surface area is 88.2 Å². The second kappa shape index (κ2) is 6.17. The lowest BCUT2D eigenvalue weighted by molar-refractivity contribution is 0.198. The van der Waals surface area contributed by atoms with Crippen LogP contribution in [0.15, 0.2) is 30.3 Å². The first-order chi connectivity index (χ1) is 6.33. The van der Waals surface area contributed by atoms with Gasteiger partial charge in [-0.1, -0.05) is 46.3 Å². The summed E-state index contributed by atoms with van der Waals surface area (Å²) >= 11 is 3.57. The molecular weight excluding hydrogens is 228 g/mol. The minimum absolute atomic E-state index is 0.470. The number of hydrogen-bond acceptors (Lipinski definition) is 1. The van der Waals surface area contributed by atoms with Crippen LogP contribution in [0.1, 0.15) is 12.0 Å². The lowest BCUT2D eigenvalue weighted by Gasteiger charge is -2.07. The molecule has 0 bridgehead atoms. The van der Waals surface area contributed by atoms with Crippen LogP contribution in [0.25, 0.3) is 0 Å². The largest absolute Gasteiger partial charge is 0.384 e. The molecule has 1 atom stereocenters. The molecule has 13 heavy (non-hydrogen) atoms. The van der Waals surface area contributed by atoms with Gasteiger partial charge >= 0.3 is 0 Å². The molecule has 72 valence electrons. The summed E-state index contributed by atoms with van der Waals surface area (Å²) < 4.78 is 5.05. The molecule has 1 aromatic carbocycles. The zero-order valence-corrected chi connectivity index (χ0v) is 9.46. The van der Waals surface area contributed by atoms with Gasteiger partial charge in [0.05, 0.1) is 6.61 Å². The molecule has 0 aliphatic heterocycles. The van der Waals surface area contributed by atoms with Crippen LogP contribution >= 0.6 is 15.9 Å². The Kier molecular flexibility index (Phi) is 5.09.